The Bertz CT molecular complexity index is 1010. The van der Waals surface area contributed by atoms with Gasteiger partial charge in [-0.3, -0.25) is 9.59 Å². The lowest BCUT2D eigenvalue weighted by molar-refractivity contribution is -0.134. The minimum atomic E-state index is -0.159. The fourth-order valence-corrected chi connectivity index (χ4v) is 4.38. The second-order valence-corrected chi connectivity index (χ2v) is 8.75. The van der Waals surface area contributed by atoms with E-state index in [2.05, 4.69) is 28.5 Å². The van der Waals surface area contributed by atoms with Crippen LogP contribution in [0.15, 0.2) is 54.6 Å². The molecule has 1 aromatic heterocycles. The largest absolute Gasteiger partial charge is 0.355 e. The van der Waals surface area contributed by atoms with Crippen LogP contribution in [0.3, 0.4) is 0 Å². The zero-order valence-electron chi connectivity index (χ0n) is 17.2. The average Bonchev–Trinajstić information content (AvgIpc) is 3.22. The molecule has 1 aliphatic heterocycles. The smallest absolute Gasteiger partial charge is 0.229 e. The van der Waals surface area contributed by atoms with Gasteiger partial charge in [-0.1, -0.05) is 30.3 Å². The number of benzene rings is 2. The maximum atomic E-state index is 12.9. The molecule has 4 rings (SSSR count). The van der Waals surface area contributed by atoms with Crippen molar-refractivity contribution < 1.29 is 9.59 Å². The van der Waals surface area contributed by atoms with Crippen LogP contribution in [0, 0.1) is 5.92 Å². The number of aromatic nitrogens is 1. The highest BCUT2D eigenvalue weighted by atomic mass is 32.2. The normalized spacial score (nSPS) is 16.6. The number of likely N-dealkylation sites (tertiary alicyclic amines) is 1. The second-order valence-electron chi connectivity index (χ2n) is 7.76. The summed E-state index contributed by atoms with van der Waals surface area (Å²) in [5.41, 5.74) is 3.93. The highest BCUT2D eigenvalue weighted by molar-refractivity contribution is 7.98. The van der Waals surface area contributed by atoms with Crippen molar-refractivity contribution in [3.63, 3.8) is 0 Å². The summed E-state index contributed by atoms with van der Waals surface area (Å²) in [4.78, 5) is 30.5. The van der Waals surface area contributed by atoms with E-state index in [0.717, 1.165) is 53.0 Å². The minimum Gasteiger partial charge on any atom is -0.355 e. The zero-order chi connectivity index (χ0) is 20.9. The molecule has 156 valence electrons. The van der Waals surface area contributed by atoms with Crippen LogP contribution in [-0.4, -0.2) is 46.8 Å². The van der Waals surface area contributed by atoms with Crippen molar-refractivity contribution in [1.29, 1.82) is 0 Å². The second kappa shape index (κ2) is 9.39. The maximum Gasteiger partial charge on any atom is 0.229 e. The molecule has 1 fully saturated rings. The van der Waals surface area contributed by atoms with Gasteiger partial charge < -0.3 is 15.2 Å². The fourth-order valence-electron chi connectivity index (χ4n) is 4.00. The summed E-state index contributed by atoms with van der Waals surface area (Å²) in [6.07, 6.45) is 4.24. The number of nitrogens with one attached hydrogen (secondary N) is 2. The van der Waals surface area contributed by atoms with Gasteiger partial charge in [-0.2, -0.15) is 11.8 Å². The number of carbonyl (C=O) groups excluding carboxylic acids is 2. The van der Waals surface area contributed by atoms with E-state index in [9.17, 15) is 9.59 Å². The van der Waals surface area contributed by atoms with Crippen molar-refractivity contribution >= 4 is 40.2 Å². The van der Waals surface area contributed by atoms with Gasteiger partial charge in [0.1, 0.15) is 0 Å². The molecular weight excluding hydrogens is 394 g/mol. The van der Waals surface area contributed by atoms with Crippen LogP contribution in [0.1, 0.15) is 19.3 Å². The van der Waals surface area contributed by atoms with E-state index in [1.165, 1.54) is 0 Å². The number of H-pyrrole nitrogens is 1. The van der Waals surface area contributed by atoms with Gasteiger partial charge in [0, 0.05) is 53.1 Å². The highest BCUT2D eigenvalue weighted by Gasteiger charge is 2.28. The van der Waals surface area contributed by atoms with Crippen molar-refractivity contribution in [2.45, 2.75) is 19.3 Å². The number of amides is 2. The van der Waals surface area contributed by atoms with Crippen LogP contribution >= 0.6 is 11.8 Å². The molecular formula is C24H27N3O2S. The van der Waals surface area contributed by atoms with Crippen molar-refractivity contribution in [3.05, 3.63) is 54.6 Å². The Hall–Kier alpha value is -2.73. The maximum absolute atomic E-state index is 12.9. The summed E-state index contributed by atoms with van der Waals surface area (Å²) < 4.78 is 0. The highest BCUT2D eigenvalue weighted by Crippen LogP contribution is 2.27. The predicted molar refractivity (Wildman–Crippen MR) is 125 cm³/mol. The van der Waals surface area contributed by atoms with Gasteiger partial charge in [0.2, 0.25) is 11.8 Å². The Labute approximate surface area is 181 Å². The number of hydrogen-bond donors (Lipinski definition) is 2. The van der Waals surface area contributed by atoms with Gasteiger partial charge in [-0.25, -0.2) is 0 Å². The summed E-state index contributed by atoms with van der Waals surface area (Å²) >= 11 is 1.67. The topological polar surface area (TPSA) is 65.2 Å². The molecule has 0 saturated carbocycles. The number of fused-ring (bicyclic) bond motifs is 1. The van der Waals surface area contributed by atoms with Crippen molar-refractivity contribution in [1.82, 2.24) is 9.88 Å². The molecule has 2 heterocycles. The first-order chi connectivity index (χ1) is 14.6. The van der Waals surface area contributed by atoms with Crippen molar-refractivity contribution in [2.24, 2.45) is 5.92 Å². The number of anilines is 1. The quantitative estimate of drug-likeness (QED) is 0.603. The summed E-state index contributed by atoms with van der Waals surface area (Å²) in [5, 5.41) is 4.23. The number of hydrogen-bond acceptors (Lipinski definition) is 3. The third-order valence-electron chi connectivity index (χ3n) is 5.64. The van der Waals surface area contributed by atoms with Crippen LogP contribution in [0.4, 0.5) is 5.69 Å². The van der Waals surface area contributed by atoms with E-state index < -0.39 is 0 Å². The predicted octanol–water partition coefficient (Wildman–Crippen LogP) is 4.77. The molecule has 1 aliphatic rings. The van der Waals surface area contributed by atoms with E-state index in [4.69, 9.17) is 0 Å². The monoisotopic (exact) mass is 421 g/mol. The molecule has 1 atom stereocenters. The molecule has 3 aromatic rings. The SMILES string of the molecule is CSCCC(=O)N1CCC[C@H](C(=O)Nc2cccc(-c3cc4ccccc4[nH]3)c2)C1. The van der Waals surface area contributed by atoms with Crippen LogP contribution in [0.2, 0.25) is 0 Å². The minimum absolute atomic E-state index is 0.00818. The van der Waals surface area contributed by atoms with Crippen LogP contribution < -0.4 is 5.32 Å². The van der Waals surface area contributed by atoms with Crippen molar-refractivity contribution in [3.8, 4) is 11.3 Å². The molecule has 5 nitrogen and oxygen atoms in total. The van der Waals surface area contributed by atoms with E-state index in [-0.39, 0.29) is 17.7 Å². The average molecular weight is 422 g/mol. The standard InChI is InChI=1S/C24H27N3O2S/c1-30-13-11-23(28)27-12-5-8-19(16-27)24(29)25-20-9-4-7-17(14-20)22-15-18-6-2-3-10-21(18)26-22/h2-4,6-7,9-10,14-15,19,26H,5,8,11-13,16H2,1H3,(H,25,29)/t19-/m0/s1. The van der Waals surface area contributed by atoms with E-state index in [1.54, 1.807) is 11.8 Å². The Kier molecular flexibility index (Phi) is 6.43. The van der Waals surface area contributed by atoms with Gasteiger partial charge in [0.05, 0.1) is 5.92 Å². The number of carbonyl (C=O) groups is 2. The molecule has 0 unspecified atom stereocenters. The van der Waals surface area contributed by atoms with E-state index in [1.807, 2.05) is 47.6 Å². The van der Waals surface area contributed by atoms with Gasteiger partial charge in [-0.05, 0) is 43.4 Å². The summed E-state index contributed by atoms with van der Waals surface area (Å²) in [6.45, 7) is 1.27. The molecule has 2 amide bonds. The molecule has 2 N–H and O–H groups in total. The van der Waals surface area contributed by atoms with Crippen molar-refractivity contribution in [2.75, 3.05) is 30.4 Å². The van der Waals surface area contributed by atoms with Gasteiger partial charge in [-0.15, -0.1) is 0 Å². The first kappa shape index (κ1) is 20.5. The lowest BCUT2D eigenvalue weighted by Crippen LogP contribution is -2.43. The molecule has 0 spiro atoms. The number of nitrogens with zero attached hydrogens (tertiary/aromatic N) is 1. The Morgan fingerprint density at radius 2 is 2.03 bits per heavy atom. The Morgan fingerprint density at radius 3 is 2.87 bits per heavy atom. The molecule has 0 radical (unpaired) electrons. The first-order valence-electron chi connectivity index (χ1n) is 10.4. The summed E-state index contributed by atoms with van der Waals surface area (Å²) in [6, 6.07) is 18.2. The van der Waals surface area contributed by atoms with E-state index >= 15 is 0 Å². The summed E-state index contributed by atoms with van der Waals surface area (Å²) in [7, 11) is 0. The Balaban J connectivity index is 1.43. The van der Waals surface area contributed by atoms with E-state index in [0.29, 0.717) is 13.0 Å². The molecule has 1 saturated heterocycles. The number of para-hydroxylation sites is 1. The molecule has 2 aromatic carbocycles. The third kappa shape index (κ3) is 4.70. The lowest BCUT2D eigenvalue weighted by Gasteiger charge is -2.32. The molecule has 30 heavy (non-hydrogen) atoms. The number of thioether (sulfide) groups is 1. The zero-order valence-corrected chi connectivity index (χ0v) is 18.0. The Morgan fingerprint density at radius 1 is 1.17 bits per heavy atom. The molecule has 0 aliphatic carbocycles. The number of aromatic amines is 1. The van der Waals surface area contributed by atoms with Gasteiger partial charge in [0.25, 0.3) is 0 Å². The third-order valence-corrected chi connectivity index (χ3v) is 6.25. The molecule has 6 heteroatoms. The number of piperidine rings is 1. The van der Waals surface area contributed by atoms with Crippen LogP contribution in [0.5, 0.6) is 0 Å². The summed E-state index contributed by atoms with van der Waals surface area (Å²) in [5.74, 6) is 0.815. The van der Waals surface area contributed by atoms with Gasteiger partial charge in [0.15, 0.2) is 0 Å². The fraction of sp³-hybridized carbons (Fsp3) is 0.333. The number of rotatable bonds is 6. The van der Waals surface area contributed by atoms with Crippen LogP contribution in [-0.2, 0) is 9.59 Å². The molecule has 0 bridgehead atoms. The first-order valence-corrected chi connectivity index (χ1v) is 11.8. The van der Waals surface area contributed by atoms with Crippen LogP contribution in [0.25, 0.3) is 22.2 Å². The lowest BCUT2D eigenvalue weighted by atomic mass is 9.96. The van der Waals surface area contributed by atoms with Gasteiger partial charge >= 0.3 is 0 Å².